The molecule has 0 saturated carbocycles. The van der Waals surface area contributed by atoms with Gasteiger partial charge in [-0.1, -0.05) is 0 Å². The van der Waals surface area contributed by atoms with Crippen molar-refractivity contribution in [3.8, 4) is 0 Å². The van der Waals surface area contributed by atoms with Crippen molar-refractivity contribution >= 4 is 15.9 Å². The largest absolute Gasteiger partial charge is 0.383 e. The molecule has 1 N–H and O–H groups in total. The van der Waals surface area contributed by atoms with Crippen LogP contribution in [0.3, 0.4) is 0 Å². The number of rotatable bonds is 4. The van der Waals surface area contributed by atoms with Crippen molar-refractivity contribution in [2.45, 2.75) is 25.3 Å². The van der Waals surface area contributed by atoms with Crippen LogP contribution in [-0.4, -0.2) is 74.2 Å². The van der Waals surface area contributed by atoms with Crippen molar-refractivity contribution in [2.24, 2.45) is 5.41 Å². The molecule has 0 bridgehead atoms. The summed E-state index contributed by atoms with van der Waals surface area (Å²) in [4.78, 5) is 17.2. The fraction of sp³-hybridized carbons (Fsp3) is 0.688. The predicted octanol–water partition coefficient (Wildman–Crippen LogP) is 0.917. The minimum atomic E-state index is -3.25. The van der Waals surface area contributed by atoms with E-state index < -0.39 is 10.0 Å². The fourth-order valence-corrected chi connectivity index (χ4v) is 5.22. The molecule has 2 aliphatic rings. The smallest absolute Gasteiger partial charge is 0.255 e. The van der Waals surface area contributed by atoms with E-state index in [0.717, 1.165) is 19.3 Å². The highest BCUT2D eigenvalue weighted by molar-refractivity contribution is 7.88. The number of ether oxygens (including phenoxy) is 1. The number of H-pyrrole nitrogens is 1. The van der Waals surface area contributed by atoms with E-state index in [4.69, 9.17) is 4.74 Å². The number of nitrogens with one attached hydrogen (secondary N) is 1. The number of aromatic nitrogens is 1. The van der Waals surface area contributed by atoms with Crippen LogP contribution in [0.5, 0.6) is 0 Å². The van der Waals surface area contributed by atoms with Crippen LogP contribution in [0, 0.1) is 5.41 Å². The Bertz CT molecular complexity index is 678. The number of aromatic amines is 1. The first-order valence-corrected chi connectivity index (χ1v) is 10.1. The van der Waals surface area contributed by atoms with Gasteiger partial charge < -0.3 is 14.6 Å². The van der Waals surface area contributed by atoms with E-state index in [9.17, 15) is 13.2 Å². The minimum absolute atomic E-state index is 0.0394. The van der Waals surface area contributed by atoms with Crippen LogP contribution in [0.25, 0.3) is 0 Å². The Balaban J connectivity index is 1.68. The summed E-state index contributed by atoms with van der Waals surface area (Å²) in [6, 6.07) is 1.68. The first-order valence-electron chi connectivity index (χ1n) is 8.22. The highest BCUT2D eigenvalue weighted by Crippen LogP contribution is 2.44. The summed E-state index contributed by atoms with van der Waals surface area (Å²) < 4.78 is 31.0. The molecule has 8 heteroatoms. The molecular formula is C16H25N3O4S. The van der Waals surface area contributed by atoms with Gasteiger partial charge in [0.1, 0.15) is 0 Å². The molecule has 0 aromatic carbocycles. The Morgan fingerprint density at radius 3 is 2.67 bits per heavy atom. The van der Waals surface area contributed by atoms with E-state index in [1.807, 2.05) is 4.90 Å². The van der Waals surface area contributed by atoms with Gasteiger partial charge in [0.2, 0.25) is 10.0 Å². The molecule has 1 unspecified atom stereocenters. The molecule has 3 heterocycles. The topological polar surface area (TPSA) is 82.7 Å². The average Bonchev–Trinajstić information content (AvgIpc) is 3.16. The highest BCUT2D eigenvalue weighted by atomic mass is 32.2. The van der Waals surface area contributed by atoms with Crippen molar-refractivity contribution in [2.75, 3.05) is 39.6 Å². The number of sulfonamides is 1. The minimum Gasteiger partial charge on any atom is -0.383 e. The second-order valence-corrected chi connectivity index (χ2v) is 8.95. The standard InChI is InChI=1S/C16H25N3O4S/c1-23-11-14-9-16(12-19(14)24(2,21)22)4-7-18(8-5-16)15(20)13-3-6-17-10-13/h3,6,10,14,17H,4-5,7-9,11-12H2,1-2H3. The number of hydrogen-bond donors (Lipinski definition) is 1. The lowest BCUT2D eigenvalue weighted by Gasteiger charge is -2.39. The van der Waals surface area contributed by atoms with E-state index in [-0.39, 0.29) is 17.4 Å². The number of hydrogen-bond acceptors (Lipinski definition) is 4. The van der Waals surface area contributed by atoms with Gasteiger partial charge in [-0.3, -0.25) is 4.79 Å². The summed E-state index contributed by atoms with van der Waals surface area (Å²) in [5, 5.41) is 0. The van der Waals surface area contributed by atoms with Crippen LogP contribution in [0.15, 0.2) is 18.5 Å². The fourth-order valence-electron chi connectivity index (χ4n) is 4.03. The monoisotopic (exact) mass is 355 g/mol. The third-order valence-electron chi connectivity index (χ3n) is 5.31. The number of carbonyl (C=O) groups is 1. The van der Waals surface area contributed by atoms with Gasteiger partial charge in [-0.15, -0.1) is 0 Å². The van der Waals surface area contributed by atoms with Gasteiger partial charge in [-0.05, 0) is 30.7 Å². The second-order valence-electron chi connectivity index (χ2n) is 7.01. The maximum absolute atomic E-state index is 12.4. The zero-order valence-electron chi connectivity index (χ0n) is 14.2. The zero-order valence-corrected chi connectivity index (χ0v) is 15.0. The number of methoxy groups -OCH3 is 1. The lowest BCUT2D eigenvalue weighted by atomic mass is 9.76. The Labute approximate surface area is 143 Å². The molecule has 7 nitrogen and oxygen atoms in total. The number of carbonyl (C=O) groups excluding carboxylic acids is 1. The third-order valence-corrected chi connectivity index (χ3v) is 6.59. The maximum atomic E-state index is 12.4. The molecule has 2 saturated heterocycles. The Morgan fingerprint density at radius 1 is 1.42 bits per heavy atom. The number of amides is 1. The van der Waals surface area contributed by atoms with Gasteiger partial charge in [-0.25, -0.2) is 8.42 Å². The molecule has 1 atom stereocenters. The predicted molar refractivity (Wildman–Crippen MR) is 90.2 cm³/mol. The Morgan fingerprint density at radius 2 is 2.12 bits per heavy atom. The molecule has 0 radical (unpaired) electrons. The highest BCUT2D eigenvalue weighted by Gasteiger charge is 2.48. The van der Waals surface area contributed by atoms with Gasteiger partial charge in [0.05, 0.1) is 18.4 Å². The van der Waals surface area contributed by atoms with E-state index >= 15 is 0 Å². The van der Waals surface area contributed by atoms with E-state index in [1.54, 1.807) is 29.9 Å². The molecule has 2 aliphatic heterocycles. The maximum Gasteiger partial charge on any atom is 0.255 e. The molecule has 3 rings (SSSR count). The van der Waals surface area contributed by atoms with Gasteiger partial charge in [-0.2, -0.15) is 4.31 Å². The Hall–Kier alpha value is -1.38. The average molecular weight is 355 g/mol. The zero-order chi connectivity index (χ0) is 17.4. The first-order chi connectivity index (χ1) is 11.3. The summed E-state index contributed by atoms with van der Waals surface area (Å²) in [6.45, 7) is 2.29. The molecule has 1 aromatic rings. The molecule has 134 valence electrons. The summed E-state index contributed by atoms with van der Waals surface area (Å²) in [7, 11) is -1.65. The van der Waals surface area contributed by atoms with Crippen molar-refractivity contribution < 1.29 is 17.9 Å². The lowest BCUT2D eigenvalue weighted by Crippen LogP contribution is -2.44. The SMILES string of the molecule is COCC1CC2(CCN(C(=O)c3cc[nH]c3)CC2)CN1S(C)(=O)=O. The quantitative estimate of drug-likeness (QED) is 0.871. The van der Waals surface area contributed by atoms with Gasteiger partial charge in [0.15, 0.2) is 0 Å². The molecule has 1 amide bonds. The number of nitrogens with zero attached hydrogens (tertiary/aromatic N) is 2. The third kappa shape index (κ3) is 3.36. The number of piperidine rings is 1. The van der Waals surface area contributed by atoms with Crippen molar-refractivity contribution in [1.82, 2.24) is 14.2 Å². The molecule has 24 heavy (non-hydrogen) atoms. The lowest BCUT2D eigenvalue weighted by molar-refractivity contribution is 0.0595. The molecule has 0 aliphatic carbocycles. The van der Waals surface area contributed by atoms with Crippen LogP contribution < -0.4 is 0 Å². The van der Waals surface area contributed by atoms with Gasteiger partial charge in [0, 0.05) is 45.2 Å². The van der Waals surface area contributed by atoms with Crippen molar-refractivity contribution in [3.63, 3.8) is 0 Å². The van der Waals surface area contributed by atoms with Crippen LogP contribution in [-0.2, 0) is 14.8 Å². The summed E-state index contributed by atoms with van der Waals surface area (Å²) in [5.74, 6) is 0.0394. The van der Waals surface area contributed by atoms with Crippen LogP contribution >= 0.6 is 0 Å². The van der Waals surface area contributed by atoms with Crippen LogP contribution in [0.4, 0.5) is 0 Å². The van der Waals surface area contributed by atoms with Crippen LogP contribution in [0.2, 0.25) is 0 Å². The molecular weight excluding hydrogens is 330 g/mol. The first kappa shape index (κ1) is 17.4. The van der Waals surface area contributed by atoms with E-state index in [1.165, 1.54) is 6.26 Å². The van der Waals surface area contributed by atoms with Gasteiger partial charge >= 0.3 is 0 Å². The summed E-state index contributed by atoms with van der Waals surface area (Å²) in [6.07, 6.45) is 7.18. The van der Waals surface area contributed by atoms with Crippen molar-refractivity contribution in [3.05, 3.63) is 24.0 Å². The van der Waals surface area contributed by atoms with Gasteiger partial charge in [0.25, 0.3) is 5.91 Å². The Kier molecular flexibility index (Phi) is 4.72. The normalized spacial score (nSPS) is 24.6. The molecule has 2 fully saturated rings. The van der Waals surface area contributed by atoms with E-state index in [0.29, 0.717) is 31.8 Å². The summed E-state index contributed by atoms with van der Waals surface area (Å²) in [5.41, 5.74) is 0.633. The van der Waals surface area contributed by atoms with E-state index in [2.05, 4.69) is 4.98 Å². The number of likely N-dealkylation sites (tertiary alicyclic amines) is 1. The van der Waals surface area contributed by atoms with Crippen molar-refractivity contribution in [1.29, 1.82) is 0 Å². The molecule has 1 aromatic heterocycles. The second kappa shape index (κ2) is 6.50. The van der Waals surface area contributed by atoms with Crippen LogP contribution in [0.1, 0.15) is 29.6 Å². The summed E-state index contributed by atoms with van der Waals surface area (Å²) >= 11 is 0. The molecule has 1 spiro atoms.